The zero-order chi connectivity index (χ0) is 12.1. The van der Waals surface area contributed by atoms with E-state index in [4.69, 9.17) is 5.73 Å². The van der Waals surface area contributed by atoms with E-state index < -0.39 is 0 Å². The van der Waals surface area contributed by atoms with Gasteiger partial charge >= 0.3 is 0 Å². The second kappa shape index (κ2) is 5.91. The number of rotatable bonds is 4. The van der Waals surface area contributed by atoms with Crippen molar-refractivity contribution in [1.29, 1.82) is 0 Å². The number of hydrogen-bond donors (Lipinski definition) is 1. The van der Waals surface area contributed by atoms with Crippen LogP contribution in [0.1, 0.15) is 18.9 Å². The first-order valence-corrected chi connectivity index (χ1v) is 6.90. The van der Waals surface area contributed by atoms with Crippen molar-refractivity contribution in [3.8, 4) is 0 Å². The molecular weight excluding hydrogens is 232 g/mol. The van der Waals surface area contributed by atoms with Gasteiger partial charge in [0.25, 0.3) is 0 Å². The summed E-state index contributed by atoms with van der Waals surface area (Å²) in [4.78, 5) is 10.8. The molecule has 92 valence electrons. The number of guanidine groups is 1. The van der Waals surface area contributed by atoms with Crippen LogP contribution in [0.2, 0.25) is 0 Å². The van der Waals surface area contributed by atoms with E-state index in [-0.39, 0.29) is 0 Å². The summed E-state index contributed by atoms with van der Waals surface area (Å²) in [6.45, 7) is 4.85. The van der Waals surface area contributed by atoms with E-state index in [1.165, 1.54) is 12.0 Å². The first kappa shape index (κ1) is 12.2. The zero-order valence-corrected chi connectivity index (χ0v) is 10.9. The smallest absolute Gasteiger partial charge is 0.191 e. The van der Waals surface area contributed by atoms with Crippen molar-refractivity contribution in [3.05, 3.63) is 23.9 Å². The van der Waals surface area contributed by atoms with Crippen LogP contribution >= 0.6 is 11.8 Å². The molecule has 1 fully saturated rings. The summed E-state index contributed by atoms with van der Waals surface area (Å²) in [6, 6.07) is 4.08. The number of likely N-dealkylation sites (tertiary alicyclic amines) is 1. The molecule has 1 saturated heterocycles. The maximum absolute atomic E-state index is 5.88. The molecule has 0 spiro atoms. The lowest BCUT2D eigenvalue weighted by Gasteiger charge is -2.31. The van der Waals surface area contributed by atoms with E-state index in [1.807, 2.05) is 12.3 Å². The SMILES string of the molecule is CCSc1cc(CN=C(N)N2CCC2)ccn1. The fourth-order valence-electron chi connectivity index (χ4n) is 1.59. The van der Waals surface area contributed by atoms with Crippen LogP contribution in [0.3, 0.4) is 0 Å². The topological polar surface area (TPSA) is 54.5 Å². The van der Waals surface area contributed by atoms with Gasteiger partial charge in [0.05, 0.1) is 11.6 Å². The summed E-state index contributed by atoms with van der Waals surface area (Å²) < 4.78 is 0. The highest BCUT2D eigenvalue weighted by atomic mass is 32.2. The Morgan fingerprint density at radius 3 is 3.06 bits per heavy atom. The lowest BCUT2D eigenvalue weighted by molar-refractivity contribution is 0.295. The van der Waals surface area contributed by atoms with Crippen molar-refractivity contribution in [2.45, 2.75) is 24.9 Å². The van der Waals surface area contributed by atoms with Gasteiger partial charge in [-0.1, -0.05) is 6.92 Å². The number of thioether (sulfide) groups is 1. The molecule has 2 heterocycles. The number of aromatic nitrogens is 1. The summed E-state index contributed by atoms with van der Waals surface area (Å²) >= 11 is 1.74. The van der Waals surface area contributed by atoms with Crippen molar-refractivity contribution in [1.82, 2.24) is 9.88 Å². The minimum atomic E-state index is 0.641. The summed E-state index contributed by atoms with van der Waals surface area (Å²) in [6.07, 6.45) is 3.06. The molecule has 1 aliphatic heterocycles. The van der Waals surface area contributed by atoms with Gasteiger partial charge in [-0.15, -0.1) is 11.8 Å². The van der Waals surface area contributed by atoms with Gasteiger partial charge in [0.2, 0.25) is 0 Å². The lowest BCUT2D eigenvalue weighted by Crippen LogP contribution is -2.46. The minimum absolute atomic E-state index is 0.641. The molecule has 0 unspecified atom stereocenters. The second-order valence-electron chi connectivity index (χ2n) is 3.95. The van der Waals surface area contributed by atoms with E-state index in [0.717, 1.165) is 23.9 Å². The molecule has 1 aromatic heterocycles. The average Bonchev–Trinajstić information content (AvgIpc) is 2.25. The van der Waals surface area contributed by atoms with Crippen molar-refractivity contribution >= 4 is 17.7 Å². The molecule has 0 atom stereocenters. The fourth-order valence-corrected chi connectivity index (χ4v) is 2.26. The first-order valence-electron chi connectivity index (χ1n) is 5.92. The molecule has 0 saturated carbocycles. The summed E-state index contributed by atoms with van der Waals surface area (Å²) in [7, 11) is 0. The predicted octanol–water partition coefficient (Wildman–Crippen LogP) is 1.71. The van der Waals surface area contributed by atoms with Crippen LogP contribution in [0.15, 0.2) is 28.3 Å². The molecular formula is C12H18N4S. The molecule has 2 N–H and O–H groups in total. The van der Waals surface area contributed by atoms with Gasteiger partial charge in [-0.3, -0.25) is 0 Å². The molecule has 2 rings (SSSR count). The maximum atomic E-state index is 5.88. The fraction of sp³-hybridized carbons (Fsp3) is 0.500. The molecule has 0 aromatic carbocycles. The van der Waals surface area contributed by atoms with Gasteiger partial charge < -0.3 is 10.6 Å². The van der Waals surface area contributed by atoms with Crippen LogP contribution in [-0.4, -0.2) is 34.7 Å². The van der Waals surface area contributed by atoms with E-state index in [1.54, 1.807) is 11.8 Å². The Morgan fingerprint density at radius 2 is 2.41 bits per heavy atom. The monoisotopic (exact) mass is 250 g/mol. The van der Waals surface area contributed by atoms with Crippen LogP contribution in [0.25, 0.3) is 0 Å². The average molecular weight is 250 g/mol. The summed E-state index contributed by atoms with van der Waals surface area (Å²) in [5.74, 6) is 1.70. The maximum Gasteiger partial charge on any atom is 0.191 e. The third kappa shape index (κ3) is 3.36. The largest absolute Gasteiger partial charge is 0.370 e. The Morgan fingerprint density at radius 1 is 1.59 bits per heavy atom. The highest BCUT2D eigenvalue weighted by Gasteiger charge is 2.15. The predicted molar refractivity (Wildman–Crippen MR) is 72.2 cm³/mol. The highest BCUT2D eigenvalue weighted by molar-refractivity contribution is 7.99. The van der Waals surface area contributed by atoms with Gasteiger partial charge in [0, 0.05) is 19.3 Å². The Balaban J connectivity index is 1.95. The molecule has 5 heteroatoms. The summed E-state index contributed by atoms with van der Waals surface area (Å²) in [5.41, 5.74) is 7.04. The molecule has 0 amide bonds. The molecule has 4 nitrogen and oxygen atoms in total. The van der Waals surface area contributed by atoms with E-state index in [0.29, 0.717) is 12.5 Å². The zero-order valence-electron chi connectivity index (χ0n) is 10.1. The van der Waals surface area contributed by atoms with Crippen LogP contribution in [0.5, 0.6) is 0 Å². The number of nitrogens with two attached hydrogens (primary N) is 1. The van der Waals surface area contributed by atoms with Crippen LogP contribution in [0.4, 0.5) is 0 Å². The molecule has 0 bridgehead atoms. The van der Waals surface area contributed by atoms with Gasteiger partial charge in [0.1, 0.15) is 0 Å². The van der Waals surface area contributed by atoms with Gasteiger partial charge in [-0.2, -0.15) is 0 Å². The van der Waals surface area contributed by atoms with E-state index >= 15 is 0 Å². The second-order valence-corrected chi connectivity index (χ2v) is 5.23. The third-order valence-electron chi connectivity index (χ3n) is 2.70. The van der Waals surface area contributed by atoms with E-state index in [9.17, 15) is 0 Å². The van der Waals surface area contributed by atoms with E-state index in [2.05, 4.69) is 27.9 Å². The van der Waals surface area contributed by atoms with Crippen LogP contribution in [-0.2, 0) is 6.54 Å². The van der Waals surface area contributed by atoms with Gasteiger partial charge in [-0.25, -0.2) is 9.98 Å². The van der Waals surface area contributed by atoms with Gasteiger partial charge in [-0.05, 0) is 29.9 Å². The molecule has 17 heavy (non-hydrogen) atoms. The standard InChI is InChI=1S/C12H18N4S/c1-2-17-11-8-10(4-5-14-11)9-15-12(13)16-6-3-7-16/h4-5,8H,2-3,6-7,9H2,1H3,(H2,13,15). The Labute approximate surface area is 106 Å². The third-order valence-corrected chi connectivity index (χ3v) is 3.50. The molecule has 1 aliphatic rings. The number of aliphatic imine (C=N–C) groups is 1. The Bertz CT molecular complexity index is 401. The molecule has 0 aliphatic carbocycles. The lowest BCUT2D eigenvalue weighted by atomic mass is 10.2. The minimum Gasteiger partial charge on any atom is -0.370 e. The summed E-state index contributed by atoms with van der Waals surface area (Å²) in [5, 5.41) is 1.06. The highest BCUT2D eigenvalue weighted by Crippen LogP contribution is 2.16. The number of pyridine rings is 1. The Hall–Kier alpha value is -1.23. The number of hydrogen-bond acceptors (Lipinski definition) is 3. The molecule has 1 aromatic rings. The quantitative estimate of drug-likeness (QED) is 0.502. The number of nitrogens with zero attached hydrogens (tertiary/aromatic N) is 3. The van der Waals surface area contributed by atoms with Crippen molar-refractivity contribution in [3.63, 3.8) is 0 Å². The van der Waals surface area contributed by atoms with Crippen LogP contribution in [0, 0.1) is 0 Å². The van der Waals surface area contributed by atoms with Crippen molar-refractivity contribution in [2.24, 2.45) is 10.7 Å². The van der Waals surface area contributed by atoms with Crippen LogP contribution < -0.4 is 5.73 Å². The first-order chi connectivity index (χ1) is 8.29. The van der Waals surface area contributed by atoms with Crippen molar-refractivity contribution in [2.75, 3.05) is 18.8 Å². The van der Waals surface area contributed by atoms with Crippen molar-refractivity contribution < 1.29 is 0 Å². The molecule has 0 radical (unpaired) electrons. The Kier molecular flexibility index (Phi) is 4.25. The van der Waals surface area contributed by atoms with Gasteiger partial charge in [0.15, 0.2) is 5.96 Å². The normalized spacial score (nSPS) is 15.8.